The third kappa shape index (κ3) is 6.37. The number of allylic oxidation sites excluding steroid dienone is 1. The Morgan fingerprint density at radius 2 is 1.93 bits per heavy atom. The van der Waals surface area contributed by atoms with Gasteiger partial charge >= 0.3 is 12.1 Å². The number of halogens is 3. The highest BCUT2D eigenvalue weighted by Gasteiger charge is 2.36. The van der Waals surface area contributed by atoms with Gasteiger partial charge in [0.25, 0.3) is 0 Å². The van der Waals surface area contributed by atoms with E-state index in [1.165, 1.54) is 12.1 Å². The van der Waals surface area contributed by atoms with Crippen LogP contribution in [-0.2, 0) is 11.0 Å². The minimum absolute atomic E-state index is 0.0158. The van der Waals surface area contributed by atoms with Crippen molar-refractivity contribution in [2.45, 2.75) is 58.3 Å². The summed E-state index contributed by atoms with van der Waals surface area (Å²) >= 11 is 0. The number of carbonyl (C=O) groups is 1. The van der Waals surface area contributed by atoms with Crippen LogP contribution in [-0.4, -0.2) is 28.6 Å². The number of piperidine rings is 1. The minimum atomic E-state index is -4.38. The number of hydrogen-bond donors (Lipinski definition) is 1. The summed E-state index contributed by atoms with van der Waals surface area (Å²) in [4.78, 5) is 13.4. The molecule has 1 aliphatic rings. The number of likely N-dealkylation sites (tertiary alicyclic amines) is 1. The predicted molar refractivity (Wildman–Crippen MR) is 107 cm³/mol. The number of nitrogens with zero attached hydrogens (tertiary/aromatic N) is 1. The maximum Gasteiger partial charge on any atom is 0.416 e. The van der Waals surface area contributed by atoms with Crippen LogP contribution in [0.15, 0.2) is 36.4 Å². The summed E-state index contributed by atoms with van der Waals surface area (Å²) in [5.74, 6) is 5.64. The van der Waals surface area contributed by atoms with Crippen molar-refractivity contribution in [3.8, 4) is 11.8 Å². The average molecular weight is 407 g/mol. The van der Waals surface area contributed by atoms with E-state index in [0.29, 0.717) is 13.0 Å². The maximum atomic E-state index is 13.0. The van der Waals surface area contributed by atoms with E-state index < -0.39 is 17.7 Å². The molecule has 0 aromatic heterocycles. The number of carboxylic acid groups (broad SMARTS) is 1. The SMILES string of the molecule is C=C(C)C#C[C@H](C(C)C)N1CC[C@@H](CC(=O)O)C[C@H]1c1ccc(C(F)(F)F)cc1. The molecule has 0 spiro atoms. The average Bonchev–Trinajstić information content (AvgIpc) is 2.61. The van der Waals surface area contributed by atoms with Gasteiger partial charge in [0.05, 0.1) is 11.6 Å². The van der Waals surface area contributed by atoms with Gasteiger partial charge in [-0.2, -0.15) is 13.2 Å². The largest absolute Gasteiger partial charge is 0.481 e. The molecule has 29 heavy (non-hydrogen) atoms. The van der Waals surface area contributed by atoms with Crippen LogP contribution in [0.1, 0.15) is 57.2 Å². The molecule has 3 atom stereocenters. The molecule has 0 bridgehead atoms. The van der Waals surface area contributed by atoms with Gasteiger partial charge in [0.1, 0.15) is 0 Å². The van der Waals surface area contributed by atoms with Crippen molar-refractivity contribution in [2.24, 2.45) is 11.8 Å². The fourth-order valence-electron chi connectivity index (χ4n) is 3.87. The van der Waals surface area contributed by atoms with Gasteiger partial charge in [0.15, 0.2) is 0 Å². The van der Waals surface area contributed by atoms with Gasteiger partial charge in [-0.25, -0.2) is 0 Å². The lowest BCUT2D eigenvalue weighted by Gasteiger charge is -2.43. The van der Waals surface area contributed by atoms with Crippen LogP contribution in [0.3, 0.4) is 0 Å². The Balaban J connectivity index is 2.39. The van der Waals surface area contributed by atoms with Gasteiger partial charge in [-0.05, 0) is 54.9 Å². The van der Waals surface area contributed by atoms with Crippen LogP contribution in [0.4, 0.5) is 13.2 Å². The quantitative estimate of drug-likeness (QED) is 0.652. The summed E-state index contributed by atoms with van der Waals surface area (Å²) in [5, 5.41) is 9.19. The van der Waals surface area contributed by atoms with Gasteiger partial charge in [0, 0.05) is 19.0 Å². The first-order valence-corrected chi connectivity index (χ1v) is 9.80. The van der Waals surface area contributed by atoms with Gasteiger partial charge in [0.2, 0.25) is 0 Å². The summed E-state index contributed by atoms with van der Waals surface area (Å²) in [6.45, 7) is 10.4. The van der Waals surface area contributed by atoms with E-state index in [9.17, 15) is 23.1 Å². The van der Waals surface area contributed by atoms with Crippen molar-refractivity contribution in [2.75, 3.05) is 6.54 Å². The number of hydrogen-bond acceptors (Lipinski definition) is 2. The van der Waals surface area contributed by atoms with Crippen molar-refractivity contribution in [1.82, 2.24) is 4.90 Å². The maximum absolute atomic E-state index is 13.0. The molecule has 0 aliphatic carbocycles. The van der Waals surface area contributed by atoms with E-state index in [1.807, 2.05) is 6.92 Å². The van der Waals surface area contributed by atoms with Gasteiger partial charge < -0.3 is 5.11 Å². The fourth-order valence-corrected chi connectivity index (χ4v) is 3.87. The molecule has 158 valence electrons. The Kier molecular flexibility index (Phi) is 7.54. The lowest BCUT2D eigenvalue weighted by Crippen LogP contribution is -2.45. The Morgan fingerprint density at radius 1 is 1.31 bits per heavy atom. The molecule has 1 aliphatic heterocycles. The Labute approximate surface area is 170 Å². The van der Waals surface area contributed by atoms with E-state index in [1.54, 1.807) is 0 Å². The van der Waals surface area contributed by atoms with Crippen molar-refractivity contribution >= 4 is 5.97 Å². The molecule has 0 unspecified atom stereocenters. The standard InChI is InChI=1S/C23H28F3NO2/c1-15(2)5-10-20(16(3)4)27-12-11-17(14-22(28)29)13-21(27)18-6-8-19(9-7-18)23(24,25)26/h6-9,16-17,20-21H,1,11-14H2,2-4H3,(H,28,29)/t17-,20-,21+/m1/s1. The van der Waals surface area contributed by atoms with Gasteiger partial charge in [-0.1, -0.05) is 44.4 Å². The smallest absolute Gasteiger partial charge is 0.416 e. The molecular formula is C23H28F3NO2. The van der Waals surface area contributed by atoms with E-state index in [2.05, 4.69) is 37.2 Å². The monoisotopic (exact) mass is 407 g/mol. The second-order valence-corrected chi connectivity index (χ2v) is 8.10. The first-order valence-electron chi connectivity index (χ1n) is 9.80. The molecular weight excluding hydrogens is 379 g/mol. The Bertz CT molecular complexity index is 787. The molecule has 6 heteroatoms. The zero-order valence-electron chi connectivity index (χ0n) is 17.1. The normalized spacial score (nSPS) is 21.3. The minimum Gasteiger partial charge on any atom is -0.481 e. The first kappa shape index (κ1) is 23.0. The van der Waals surface area contributed by atoms with Crippen LogP contribution in [0.5, 0.6) is 0 Å². The first-order chi connectivity index (χ1) is 13.5. The van der Waals surface area contributed by atoms with Crippen LogP contribution in [0, 0.1) is 23.7 Å². The number of carboxylic acids is 1. The summed E-state index contributed by atoms with van der Waals surface area (Å²) < 4.78 is 38.9. The highest BCUT2D eigenvalue weighted by Crippen LogP contribution is 2.39. The highest BCUT2D eigenvalue weighted by atomic mass is 19.4. The Morgan fingerprint density at radius 3 is 2.41 bits per heavy atom. The molecule has 1 aromatic rings. The van der Waals surface area contributed by atoms with Crippen LogP contribution >= 0.6 is 0 Å². The number of aliphatic carboxylic acids is 1. The van der Waals surface area contributed by atoms with Crippen LogP contribution < -0.4 is 0 Å². The van der Waals surface area contributed by atoms with E-state index in [4.69, 9.17) is 0 Å². The number of benzene rings is 1. The van der Waals surface area contributed by atoms with Crippen molar-refractivity contribution < 1.29 is 23.1 Å². The highest BCUT2D eigenvalue weighted by molar-refractivity contribution is 5.67. The molecule has 0 saturated carbocycles. The fraction of sp³-hybridized carbons (Fsp3) is 0.522. The summed E-state index contributed by atoms with van der Waals surface area (Å²) in [5.41, 5.74) is 0.825. The Hall–Kier alpha value is -2.26. The van der Waals surface area contributed by atoms with Crippen LogP contribution in [0.2, 0.25) is 0 Å². The van der Waals surface area contributed by atoms with Crippen molar-refractivity contribution in [3.63, 3.8) is 0 Å². The van der Waals surface area contributed by atoms with E-state index >= 15 is 0 Å². The predicted octanol–water partition coefficient (Wildman–Crippen LogP) is 5.54. The zero-order chi connectivity index (χ0) is 21.8. The number of alkyl halides is 3. The third-order valence-electron chi connectivity index (χ3n) is 5.26. The summed E-state index contributed by atoms with van der Waals surface area (Å²) in [7, 11) is 0. The van der Waals surface area contributed by atoms with Gasteiger partial charge in [-0.3, -0.25) is 9.69 Å². The molecule has 2 rings (SSSR count). The second kappa shape index (κ2) is 9.49. The molecule has 3 nitrogen and oxygen atoms in total. The summed E-state index contributed by atoms with van der Waals surface area (Å²) in [6.07, 6.45) is -3.02. The number of rotatable bonds is 5. The zero-order valence-corrected chi connectivity index (χ0v) is 17.1. The topological polar surface area (TPSA) is 40.5 Å². The second-order valence-electron chi connectivity index (χ2n) is 8.10. The molecule has 1 fully saturated rings. The van der Waals surface area contributed by atoms with Crippen molar-refractivity contribution in [1.29, 1.82) is 0 Å². The molecule has 1 heterocycles. The van der Waals surface area contributed by atoms with E-state index in [-0.39, 0.29) is 30.3 Å². The van der Waals surface area contributed by atoms with E-state index in [0.717, 1.165) is 29.7 Å². The molecule has 0 radical (unpaired) electrons. The summed E-state index contributed by atoms with van der Waals surface area (Å²) in [6, 6.07) is 4.93. The van der Waals surface area contributed by atoms with Gasteiger partial charge in [-0.15, -0.1) is 0 Å². The third-order valence-corrected chi connectivity index (χ3v) is 5.26. The molecule has 0 amide bonds. The molecule has 1 N–H and O–H groups in total. The molecule has 1 saturated heterocycles. The van der Waals surface area contributed by atoms with Crippen LogP contribution in [0.25, 0.3) is 0 Å². The molecule has 1 aromatic carbocycles. The lowest BCUT2D eigenvalue weighted by molar-refractivity contribution is -0.139. The lowest BCUT2D eigenvalue weighted by atomic mass is 9.83. The van der Waals surface area contributed by atoms with Crippen molar-refractivity contribution in [3.05, 3.63) is 47.5 Å².